The first-order valence-corrected chi connectivity index (χ1v) is 13.3. The highest BCUT2D eigenvalue weighted by atomic mass is 32.2. The minimum Gasteiger partial charge on any atom is -0.480 e. The van der Waals surface area contributed by atoms with Gasteiger partial charge in [-0.05, 0) is 53.6 Å². The summed E-state index contributed by atoms with van der Waals surface area (Å²) in [7, 11) is -4.07. The van der Waals surface area contributed by atoms with Crippen molar-refractivity contribution in [3.63, 3.8) is 0 Å². The summed E-state index contributed by atoms with van der Waals surface area (Å²) in [6.07, 6.45) is 5.92. The number of carboxylic acids is 1. The van der Waals surface area contributed by atoms with E-state index in [0.717, 1.165) is 33.4 Å². The zero-order valence-electron chi connectivity index (χ0n) is 20.2. The number of hydrogen-bond donors (Lipinski definition) is 4. The topological polar surface area (TPSA) is 128 Å². The van der Waals surface area contributed by atoms with Crippen LogP contribution in [0.3, 0.4) is 0 Å². The molecule has 0 saturated heterocycles. The number of rotatable bonds is 8. The number of aliphatic carboxylic acids is 1. The predicted octanol–water partition coefficient (Wildman–Crippen LogP) is 3.86. The van der Waals surface area contributed by atoms with Gasteiger partial charge < -0.3 is 15.1 Å². The van der Waals surface area contributed by atoms with Crippen LogP contribution >= 0.6 is 0 Å². The molecule has 0 saturated carbocycles. The Morgan fingerprint density at radius 1 is 0.947 bits per heavy atom. The normalized spacial score (nSPS) is 12.1. The van der Waals surface area contributed by atoms with Gasteiger partial charge in [-0.1, -0.05) is 42.2 Å². The minimum absolute atomic E-state index is 0.00242. The van der Waals surface area contributed by atoms with Crippen molar-refractivity contribution in [1.82, 2.24) is 19.7 Å². The zero-order valence-corrected chi connectivity index (χ0v) is 21.0. The Balaban J connectivity index is 1.26. The maximum absolute atomic E-state index is 13.0. The molecule has 190 valence electrons. The molecule has 0 bridgehead atoms. The molecule has 9 heteroatoms. The second-order valence-corrected chi connectivity index (χ2v) is 10.5. The number of hydrogen-bond acceptors (Lipinski definition) is 4. The Morgan fingerprint density at radius 2 is 1.63 bits per heavy atom. The standard InChI is InChI=1S/C29H24N4O4S/c34-29(35)27(18-23-19-32-26-4-2-1-3-25(23)26)33-38(36,37)24-13-11-21(12-14-24)6-5-20-7-9-22(10-8-20)17-28-30-15-16-31-28/h1-4,7-16,19,27,32-33H,17-18H2,(H,30,31)(H,34,35)/t27-/m1/s1. The van der Waals surface area contributed by atoms with Crippen LogP contribution in [0.4, 0.5) is 0 Å². The SMILES string of the molecule is O=C(O)[C@@H](Cc1c[nH]c2ccccc12)NS(=O)(=O)c1ccc(C#Cc2ccc(Cc3ncc[nH]3)cc2)cc1. The zero-order chi connectivity index (χ0) is 26.5. The molecule has 0 radical (unpaired) electrons. The molecule has 0 aliphatic rings. The number of para-hydroxylation sites is 1. The molecular formula is C29H24N4O4S. The molecule has 3 aromatic carbocycles. The van der Waals surface area contributed by atoms with Crippen molar-refractivity contribution in [3.8, 4) is 11.8 Å². The molecule has 5 aromatic rings. The van der Waals surface area contributed by atoms with E-state index in [1.54, 1.807) is 30.7 Å². The summed E-state index contributed by atoms with van der Waals surface area (Å²) in [6.45, 7) is 0. The third kappa shape index (κ3) is 5.83. The second-order valence-electron chi connectivity index (χ2n) is 8.76. The second kappa shape index (κ2) is 10.8. The molecule has 0 amide bonds. The number of sulfonamides is 1. The maximum Gasteiger partial charge on any atom is 0.322 e. The lowest BCUT2D eigenvalue weighted by molar-refractivity contribution is -0.138. The van der Waals surface area contributed by atoms with Crippen LogP contribution < -0.4 is 4.72 Å². The number of aromatic amines is 2. The maximum atomic E-state index is 13.0. The van der Waals surface area contributed by atoms with E-state index in [4.69, 9.17) is 0 Å². The molecule has 5 rings (SSSR count). The predicted molar refractivity (Wildman–Crippen MR) is 144 cm³/mol. The molecule has 0 unspecified atom stereocenters. The molecule has 38 heavy (non-hydrogen) atoms. The summed E-state index contributed by atoms with van der Waals surface area (Å²) < 4.78 is 28.2. The van der Waals surface area contributed by atoms with Gasteiger partial charge in [0, 0.05) is 53.5 Å². The lowest BCUT2D eigenvalue weighted by Crippen LogP contribution is -2.42. The van der Waals surface area contributed by atoms with Crippen molar-refractivity contribution >= 4 is 26.9 Å². The van der Waals surface area contributed by atoms with E-state index < -0.39 is 22.0 Å². The average molecular weight is 525 g/mol. The lowest BCUT2D eigenvalue weighted by atomic mass is 10.1. The number of carbonyl (C=O) groups is 1. The minimum atomic E-state index is -4.07. The van der Waals surface area contributed by atoms with Crippen LogP contribution in [0.1, 0.15) is 28.1 Å². The third-order valence-electron chi connectivity index (χ3n) is 6.09. The number of H-pyrrole nitrogens is 2. The van der Waals surface area contributed by atoms with Crippen molar-refractivity contribution < 1.29 is 18.3 Å². The molecular weight excluding hydrogens is 500 g/mol. The highest BCUT2D eigenvalue weighted by Crippen LogP contribution is 2.20. The van der Waals surface area contributed by atoms with Crippen molar-refractivity contribution in [1.29, 1.82) is 0 Å². The van der Waals surface area contributed by atoms with Crippen molar-refractivity contribution in [2.45, 2.75) is 23.8 Å². The summed E-state index contributed by atoms with van der Waals surface area (Å²) in [5, 5.41) is 10.6. The molecule has 0 aliphatic carbocycles. The van der Waals surface area contributed by atoms with E-state index in [9.17, 15) is 18.3 Å². The third-order valence-corrected chi connectivity index (χ3v) is 7.58. The molecule has 8 nitrogen and oxygen atoms in total. The number of carboxylic acid groups (broad SMARTS) is 1. The van der Waals surface area contributed by atoms with Gasteiger partial charge in [0.05, 0.1) is 4.90 Å². The quantitative estimate of drug-likeness (QED) is 0.229. The number of nitrogens with one attached hydrogen (secondary N) is 3. The Labute approximate surface area is 219 Å². The van der Waals surface area contributed by atoms with Gasteiger partial charge in [-0.25, -0.2) is 13.4 Å². The van der Waals surface area contributed by atoms with Crippen LogP contribution in [-0.2, 0) is 27.7 Å². The van der Waals surface area contributed by atoms with Crippen molar-refractivity contribution in [2.75, 3.05) is 0 Å². The summed E-state index contributed by atoms with van der Waals surface area (Å²) >= 11 is 0. The van der Waals surface area contributed by atoms with Crippen LogP contribution in [0.5, 0.6) is 0 Å². The average Bonchev–Trinajstić information content (AvgIpc) is 3.58. The first kappa shape index (κ1) is 25.0. The highest BCUT2D eigenvalue weighted by molar-refractivity contribution is 7.89. The van der Waals surface area contributed by atoms with Crippen LogP contribution in [0, 0.1) is 11.8 Å². The number of fused-ring (bicyclic) bond motifs is 1. The smallest absolute Gasteiger partial charge is 0.322 e. The van der Waals surface area contributed by atoms with E-state index >= 15 is 0 Å². The molecule has 4 N–H and O–H groups in total. The molecule has 2 aromatic heterocycles. The van der Waals surface area contributed by atoms with E-state index in [1.165, 1.54) is 12.1 Å². The van der Waals surface area contributed by atoms with Crippen LogP contribution in [0.25, 0.3) is 10.9 Å². The van der Waals surface area contributed by atoms with Gasteiger partial charge >= 0.3 is 5.97 Å². The van der Waals surface area contributed by atoms with Crippen molar-refractivity contribution in [3.05, 3.63) is 119 Å². The van der Waals surface area contributed by atoms with Crippen LogP contribution in [0.15, 0.2) is 96.3 Å². The van der Waals surface area contributed by atoms with Gasteiger partial charge in [0.25, 0.3) is 0 Å². The van der Waals surface area contributed by atoms with Gasteiger partial charge in [-0.15, -0.1) is 0 Å². The Hall–Kier alpha value is -4.65. The summed E-state index contributed by atoms with van der Waals surface area (Å²) in [5.74, 6) is 5.74. The summed E-state index contributed by atoms with van der Waals surface area (Å²) in [5.41, 5.74) is 4.15. The molecule has 2 heterocycles. The Bertz CT molecular complexity index is 1730. The Morgan fingerprint density at radius 3 is 2.29 bits per heavy atom. The van der Waals surface area contributed by atoms with Crippen LogP contribution in [0.2, 0.25) is 0 Å². The van der Waals surface area contributed by atoms with E-state index in [2.05, 4.69) is 31.5 Å². The van der Waals surface area contributed by atoms with E-state index in [-0.39, 0.29) is 11.3 Å². The van der Waals surface area contributed by atoms with E-state index in [1.807, 2.05) is 48.5 Å². The van der Waals surface area contributed by atoms with Gasteiger partial charge in [0.2, 0.25) is 10.0 Å². The number of nitrogens with zero attached hydrogens (tertiary/aromatic N) is 1. The number of imidazole rings is 1. The monoisotopic (exact) mass is 524 g/mol. The summed E-state index contributed by atoms with van der Waals surface area (Å²) in [4.78, 5) is 22.2. The fourth-order valence-corrected chi connectivity index (χ4v) is 5.30. The molecule has 0 fully saturated rings. The number of aromatic nitrogens is 3. The van der Waals surface area contributed by atoms with E-state index in [0.29, 0.717) is 12.0 Å². The molecule has 0 spiro atoms. The van der Waals surface area contributed by atoms with Crippen molar-refractivity contribution in [2.24, 2.45) is 0 Å². The first-order valence-electron chi connectivity index (χ1n) is 11.9. The lowest BCUT2D eigenvalue weighted by Gasteiger charge is -2.14. The van der Waals surface area contributed by atoms with Gasteiger partial charge in [0.1, 0.15) is 11.9 Å². The molecule has 1 atom stereocenters. The number of benzene rings is 3. The highest BCUT2D eigenvalue weighted by Gasteiger charge is 2.26. The summed E-state index contributed by atoms with van der Waals surface area (Å²) in [6, 6.07) is 20.0. The van der Waals surface area contributed by atoms with Crippen LogP contribution in [-0.4, -0.2) is 40.5 Å². The van der Waals surface area contributed by atoms with Gasteiger partial charge in [-0.2, -0.15) is 4.72 Å². The fraction of sp³-hybridized carbons (Fsp3) is 0.103. The first-order chi connectivity index (χ1) is 18.4. The fourth-order valence-electron chi connectivity index (χ4n) is 4.11. The largest absolute Gasteiger partial charge is 0.480 e. The van der Waals surface area contributed by atoms with Gasteiger partial charge in [-0.3, -0.25) is 4.79 Å². The van der Waals surface area contributed by atoms with Gasteiger partial charge in [0.15, 0.2) is 0 Å². The molecule has 0 aliphatic heterocycles. The Kier molecular flexibility index (Phi) is 7.09.